The number of halogens is 1. The summed E-state index contributed by atoms with van der Waals surface area (Å²) in [7, 11) is 2.04. The number of carbonyl (C=O) groups is 1. The summed E-state index contributed by atoms with van der Waals surface area (Å²) in [6, 6.07) is 7.47. The van der Waals surface area contributed by atoms with Crippen LogP contribution in [0.4, 0.5) is 0 Å². The zero-order chi connectivity index (χ0) is 15.2. The first-order chi connectivity index (χ1) is 10.1. The normalized spacial score (nSPS) is 18.1. The number of ether oxygens (including phenoxy) is 1. The van der Waals surface area contributed by atoms with Gasteiger partial charge < -0.3 is 9.64 Å². The van der Waals surface area contributed by atoms with Crippen molar-refractivity contribution in [3.05, 3.63) is 40.5 Å². The van der Waals surface area contributed by atoms with Crippen LogP contribution in [-0.4, -0.2) is 31.1 Å². The van der Waals surface area contributed by atoms with Crippen molar-refractivity contribution >= 4 is 23.1 Å². The van der Waals surface area contributed by atoms with Crippen LogP contribution >= 0.6 is 11.6 Å². The van der Waals surface area contributed by atoms with Crippen molar-refractivity contribution in [1.82, 2.24) is 4.90 Å². The molecule has 1 aromatic carbocycles. The Morgan fingerprint density at radius 1 is 1.29 bits per heavy atom. The number of likely N-dealkylation sites (tertiary alicyclic amines) is 1. The van der Waals surface area contributed by atoms with Crippen molar-refractivity contribution in [2.75, 3.05) is 20.2 Å². The van der Waals surface area contributed by atoms with Crippen LogP contribution in [0.1, 0.15) is 38.2 Å². The van der Waals surface area contributed by atoms with Gasteiger partial charge in [-0.15, -0.1) is 0 Å². The molecule has 3 nitrogen and oxygen atoms in total. The standard InChI is InChI=1S/C17H22ClNO2/c1-3-21-17(20)16(13-9-6-7-10-14(13)18)15-11-5-4-8-12-19(15)2/h6-7,9-10H,3-5,8,11-12H2,1-2H3/b16-15-. The lowest BCUT2D eigenvalue weighted by Crippen LogP contribution is -2.22. The molecule has 0 spiro atoms. The third-order valence-electron chi connectivity index (χ3n) is 3.78. The van der Waals surface area contributed by atoms with Crippen LogP contribution in [0.15, 0.2) is 30.0 Å². The molecule has 21 heavy (non-hydrogen) atoms. The lowest BCUT2D eigenvalue weighted by Gasteiger charge is -2.23. The Bertz CT molecular complexity index is 539. The summed E-state index contributed by atoms with van der Waals surface area (Å²) in [5, 5.41) is 0.589. The number of hydrogen-bond acceptors (Lipinski definition) is 3. The minimum absolute atomic E-state index is 0.283. The van der Waals surface area contributed by atoms with Gasteiger partial charge in [0.05, 0.1) is 12.2 Å². The molecular weight excluding hydrogens is 286 g/mol. The number of esters is 1. The van der Waals surface area contributed by atoms with Gasteiger partial charge in [-0.05, 0) is 32.3 Å². The van der Waals surface area contributed by atoms with Gasteiger partial charge >= 0.3 is 5.97 Å². The Labute approximate surface area is 131 Å². The molecule has 0 unspecified atom stereocenters. The molecular formula is C17H22ClNO2. The van der Waals surface area contributed by atoms with Crippen LogP contribution in [0.25, 0.3) is 5.57 Å². The molecule has 0 radical (unpaired) electrons. The maximum Gasteiger partial charge on any atom is 0.340 e. The largest absolute Gasteiger partial charge is 0.462 e. The Morgan fingerprint density at radius 3 is 2.76 bits per heavy atom. The van der Waals surface area contributed by atoms with Crippen molar-refractivity contribution in [3.8, 4) is 0 Å². The minimum atomic E-state index is -0.283. The Morgan fingerprint density at radius 2 is 2.05 bits per heavy atom. The van der Waals surface area contributed by atoms with E-state index in [4.69, 9.17) is 16.3 Å². The molecule has 1 aliphatic heterocycles. The van der Waals surface area contributed by atoms with Gasteiger partial charge in [0.15, 0.2) is 0 Å². The zero-order valence-electron chi connectivity index (χ0n) is 12.7. The van der Waals surface area contributed by atoms with Gasteiger partial charge in [0.2, 0.25) is 0 Å². The van der Waals surface area contributed by atoms with Gasteiger partial charge in [0.25, 0.3) is 0 Å². The molecule has 1 aliphatic rings. The smallest absolute Gasteiger partial charge is 0.340 e. The van der Waals surface area contributed by atoms with Crippen molar-refractivity contribution in [2.45, 2.75) is 32.6 Å². The van der Waals surface area contributed by atoms with Gasteiger partial charge in [0.1, 0.15) is 0 Å². The highest BCUT2D eigenvalue weighted by molar-refractivity contribution is 6.34. The second-order valence-corrected chi connectivity index (χ2v) is 5.66. The predicted molar refractivity (Wildman–Crippen MR) is 86.1 cm³/mol. The van der Waals surface area contributed by atoms with Crippen LogP contribution in [0, 0.1) is 0 Å². The number of rotatable bonds is 3. The summed E-state index contributed by atoms with van der Waals surface area (Å²) in [6.45, 7) is 3.15. The predicted octanol–water partition coefficient (Wildman–Crippen LogP) is 4.12. The third-order valence-corrected chi connectivity index (χ3v) is 4.11. The molecule has 0 aliphatic carbocycles. The molecule has 0 bridgehead atoms. The van der Waals surface area contributed by atoms with E-state index in [0.29, 0.717) is 17.2 Å². The molecule has 1 fully saturated rings. The number of allylic oxidation sites excluding steroid dienone is 1. The average Bonchev–Trinajstić information content (AvgIpc) is 2.67. The van der Waals surface area contributed by atoms with Gasteiger partial charge in [0, 0.05) is 29.9 Å². The van der Waals surface area contributed by atoms with Crippen molar-refractivity contribution in [2.24, 2.45) is 0 Å². The molecule has 0 atom stereocenters. The van der Waals surface area contributed by atoms with Crippen LogP contribution < -0.4 is 0 Å². The molecule has 1 aromatic rings. The van der Waals surface area contributed by atoms with E-state index in [1.54, 1.807) is 0 Å². The van der Waals surface area contributed by atoms with Crippen LogP contribution in [-0.2, 0) is 9.53 Å². The first kappa shape index (κ1) is 15.9. The van der Waals surface area contributed by atoms with Crippen molar-refractivity contribution in [3.63, 3.8) is 0 Å². The second kappa shape index (κ2) is 7.51. The lowest BCUT2D eigenvalue weighted by atomic mass is 10.0. The monoisotopic (exact) mass is 307 g/mol. The Hall–Kier alpha value is -1.48. The molecule has 114 valence electrons. The van der Waals surface area contributed by atoms with E-state index >= 15 is 0 Å². The van der Waals surface area contributed by atoms with Crippen LogP contribution in [0.2, 0.25) is 5.02 Å². The maximum absolute atomic E-state index is 12.5. The number of nitrogens with zero attached hydrogens (tertiary/aromatic N) is 1. The van der Waals surface area contributed by atoms with Crippen LogP contribution in [0.5, 0.6) is 0 Å². The zero-order valence-corrected chi connectivity index (χ0v) is 13.4. The molecule has 0 amide bonds. The minimum Gasteiger partial charge on any atom is -0.462 e. The van der Waals surface area contributed by atoms with Gasteiger partial charge in [-0.3, -0.25) is 0 Å². The van der Waals surface area contributed by atoms with Crippen molar-refractivity contribution in [1.29, 1.82) is 0 Å². The van der Waals surface area contributed by atoms with E-state index < -0.39 is 0 Å². The Balaban J connectivity index is 2.54. The van der Waals surface area contributed by atoms with Crippen LogP contribution in [0.3, 0.4) is 0 Å². The van der Waals surface area contributed by atoms with Gasteiger partial charge in [-0.25, -0.2) is 4.79 Å². The number of hydrogen-bond donors (Lipinski definition) is 0. The van der Waals surface area contributed by atoms with Crippen molar-refractivity contribution < 1.29 is 9.53 Å². The molecule has 0 aromatic heterocycles. The summed E-state index contributed by atoms with van der Waals surface area (Å²) >= 11 is 6.31. The quantitative estimate of drug-likeness (QED) is 0.621. The average molecular weight is 308 g/mol. The van der Waals surface area contributed by atoms with E-state index in [1.807, 2.05) is 38.2 Å². The molecule has 2 rings (SSSR count). The summed E-state index contributed by atoms with van der Waals surface area (Å²) in [5.74, 6) is -0.283. The summed E-state index contributed by atoms with van der Waals surface area (Å²) in [5.41, 5.74) is 2.42. The molecule has 0 saturated carbocycles. The van der Waals surface area contributed by atoms with Gasteiger partial charge in [-0.1, -0.05) is 36.2 Å². The van der Waals surface area contributed by atoms with Gasteiger partial charge in [-0.2, -0.15) is 0 Å². The summed E-state index contributed by atoms with van der Waals surface area (Å²) < 4.78 is 5.27. The van der Waals surface area contributed by atoms with E-state index in [2.05, 4.69) is 4.90 Å². The van der Waals surface area contributed by atoms with E-state index in [9.17, 15) is 4.79 Å². The highest BCUT2D eigenvalue weighted by atomic mass is 35.5. The lowest BCUT2D eigenvalue weighted by molar-refractivity contribution is -0.136. The van der Waals surface area contributed by atoms with E-state index in [-0.39, 0.29) is 5.97 Å². The molecule has 0 N–H and O–H groups in total. The summed E-state index contributed by atoms with van der Waals surface area (Å²) in [4.78, 5) is 14.7. The SMILES string of the molecule is CCOC(=O)/C(=C1/CCCCCN1C)c1ccccc1Cl. The molecule has 1 saturated heterocycles. The fourth-order valence-corrected chi connectivity index (χ4v) is 2.94. The Kier molecular flexibility index (Phi) is 5.68. The molecule has 1 heterocycles. The fraction of sp³-hybridized carbons (Fsp3) is 0.471. The fourth-order valence-electron chi connectivity index (χ4n) is 2.71. The second-order valence-electron chi connectivity index (χ2n) is 5.25. The highest BCUT2D eigenvalue weighted by Crippen LogP contribution is 2.32. The van der Waals surface area contributed by atoms with E-state index in [1.165, 1.54) is 6.42 Å². The third kappa shape index (κ3) is 3.79. The first-order valence-electron chi connectivity index (χ1n) is 7.51. The van der Waals surface area contributed by atoms with E-state index in [0.717, 1.165) is 37.1 Å². The topological polar surface area (TPSA) is 29.5 Å². The highest BCUT2D eigenvalue weighted by Gasteiger charge is 2.24. The maximum atomic E-state index is 12.5. The number of carbonyl (C=O) groups excluding carboxylic acids is 1. The first-order valence-corrected chi connectivity index (χ1v) is 7.89. The molecule has 4 heteroatoms. The summed E-state index contributed by atoms with van der Waals surface area (Å²) in [6.07, 6.45) is 4.31. The number of benzene rings is 1.